The summed E-state index contributed by atoms with van der Waals surface area (Å²) in [6, 6.07) is 13.0. The number of piperidine rings is 1. The van der Waals surface area contributed by atoms with Crippen molar-refractivity contribution >= 4 is 40.7 Å². The minimum Gasteiger partial charge on any atom is -0.492 e. The van der Waals surface area contributed by atoms with Crippen LogP contribution in [0.5, 0.6) is 5.75 Å². The highest BCUT2D eigenvalue weighted by molar-refractivity contribution is 6.35. The van der Waals surface area contributed by atoms with E-state index in [4.69, 9.17) is 39.5 Å². The molecule has 0 bridgehead atoms. The molecule has 2 saturated heterocycles. The number of rotatable bonds is 10. The average molecular weight is 590 g/mol. The SMILES string of the molecule is O=C(C(CCc1ccc(Cl)cc1Cl)n1cccn1)N1CCC(c2ccc(Cl)cc2OCCN2CCCC2)CC1. The number of aryl methyl sites for hydroxylation is 1. The fourth-order valence-corrected chi connectivity index (χ4v) is 6.40. The van der Waals surface area contributed by atoms with Crippen LogP contribution in [0.25, 0.3) is 0 Å². The van der Waals surface area contributed by atoms with Gasteiger partial charge in [-0.25, -0.2) is 0 Å². The molecule has 0 radical (unpaired) electrons. The summed E-state index contributed by atoms with van der Waals surface area (Å²) < 4.78 is 8.02. The predicted molar refractivity (Wildman–Crippen MR) is 157 cm³/mol. The molecule has 5 rings (SSSR count). The topological polar surface area (TPSA) is 50.6 Å². The van der Waals surface area contributed by atoms with Crippen LogP contribution < -0.4 is 4.74 Å². The standard InChI is InChI=1S/C30H35Cl3N4O2/c31-24-6-4-23(27(33)20-24)5-9-28(37-15-3-12-34-37)30(38)36-16-10-22(11-17-36)26-8-7-25(32)21-29(26)39-19-18-35-13-1-2-14-35/h3-4,6-8,12,15,20-22,28H,1-2,5,9-11,13-14,16-19H2. The number of nitrogens with zero attached hydrogens (tertiary/aromatic N) is 4. The third-order valence-corrected chi connectivity index (χ3v) is 8.74. The molecule has 39 heavy (non-hydrogen) atoms. The summed E-state index contributed by atoms with van der Waals surface area (Å²) in [7, 11) is 0. The molecule has 2 fully saturated rings. The first-order valence-corrected chi connectivity index (χ1v) is 15.0. The van der Waals surface area contributed by atoms with Gasteiger partial charge in [-0.2, -0.15) is 5.10 Å². The van der Waals surface area contributed by atoms with E-state index in [1.54, 1.807) is 16.9 Å². The van der Waals surface area contributed by atoms with Gasteiger partial charge in [0.1, 0.15) is 18.4 Å². The van der Waals surface area contributed by atoms with Crippen LogP contribution in [0.4, 0.5) is 0 Å². The second kappa shape index (κ2) is 13.4. The summed E-state index contributed by atoms with van der Waals surface area (Å²) in [4.78, 5) is 18.2. The molecule has 9 heteroatoms. The van der Waals surface area contributed by atoms with Crippen LogP contribution in [0.1, 0.15) is 55.2 Å². The number of halogens is 3. The van der Waals surface area contributed by atoms with Gasteiger partial charge >= 0.3 is 0 Å². The molecular weight excluding hydrogens is 555 g/mol. The van der Waals surface area contributed by atoms with Crippen molar-refractivity contribution in [3.8, 4) is 5.75 Å². The molecule has 208 valence electrons. The highest BCUT2D eigenvalue weighted by atomic mass is 35.5. The van der Waals surface area contributed by atoms with Crippen molar-refractivity contribution in [3.05, 3.63) is 81.1 Å². The van der Waals surface area contributed by atoms with E-state index in [1.165, 1.54) is 18.4 Å². The Morgan fingerprint density at radius 3 is 2.46 bits per heavy atom. The number of hydrogen-bond acceptors (Lipinski definition) is 4. The predicted octanol–water partition coefficient (Wildman–Crippen LogP) is 6.90. The fourth-order valence-electron chi connectivity index (χ4n) is 5.73. The van der Waals surface area contributed by atoms with Crippen LogP contribution in [0.3, 0.4) is 0 Å². The number of aromatic nitrogens is 2. The molecule has 6 nitrogen and oxygen atoms in total. The Hall–Kier alpha value is -2.25. The molecule has 3 aromatic rings. The lowest BCUT2D eigenvalue weighted by Crippen LogP contribution is -2.42. The highest BCUT2D eigenvalue weighted by Gasteiger charge is 2.31. The van der Waals surface area contributed by atoms with Crippen LogP contribution in [-0.2, 0) is 11.2 Å². The number of ether oxygens (including phenoxy) is 1. The summed E-state index contributed by atoms with van der Waals surface area (Å²) in [6.45, 7) is 5.30. The number of carbonyl (C=O) groups is 1. The summed E-state index contributed by atoms with van der Waals surface area (Å²) in [5.74, 6) is 1.30. The molecule has 2 aromatic carbocycles. The number of carbonyl (C=O) groups excluding carboxylic acids is 1. The molecule has 3 heterocycles. The van der Waals surface area contributed by atoms with E-state index in [0.717, 1.165) is 43.8 Å². The Morgan fingerprint density at radius 2 is 1.74 bits per heavy atom. The second-order valence-electron chi connectivity index (χ2n) is 10.5. The zero-order valence-corrected chi connectivity index (χ0v) is 24.3. The number of amides is 1. The van der Waals surface area contributed by atoms with E-state index in [2.05, 4.69) is 16.1 Å². The molecule has 0 saturated carbocycles. The highest BCUT2D eigenvalue weighted by Crippen LogP contribution is 2.37. The zero-order valence-electron chi connectivity index (χ0n) is 22.1. The molecule has 1 atom stereocenters. The first-order chi connectivity index (χ1) is 19.0. The van der Waals surface area contributed by atoms with Gasteiger partial charge in [0.05, 0.1) is 0 Å². The molecule has 2 aliphatic heterocycles. The lowest BCUT2D eigenvalue weighted by atomic mass is 9.88. The van der Waals surface area contributed by atoms with Gasteiger partial charge in [-0.3, -0.25) is 14.4 Å². The van der Waals surface area contributed by atoms with Crippen LogP contribution in [0, 0.1) is 0 Å². The smallest absolute Gasteiger partial charge is 0.247 e. The summed E-state index contributed by atoms with van der Waals surface area (Å²) >= 11 is 18.8. The fraction of sp³-hybridized carbons (Fsp3) is 0.467. The minimum absolute atomic E-state index is 0.0976. The van der Waals surface area contributed by atoms with E-state index in [-0.39, 0.29) is 11.9 Å². The minimum atomic E-state index is -0.386. The molecule has 1 amide bonds. The lowest BCUT2D eigenvalue weighted by molar-refractivity contribution is -0.136. The maximum atomic E-state index is 13.7. The van der Waals surface area contributed by atoms with Crippen molar-refractivity contribution in [1.29, 1.82) is 0 Å². The van der Waals surface area contributed by atoms with E-state index in [1.807, 2.05) is 41.4 Å². The Balaban J connectivity index is 1.21. The molecule has 0 aliphatic carbocycles. The Kier molecular flexibility index (Phi) is 9.72. The zero-order chi connectivity index (χ0) is 27.2. The largest absolute Gasteiger partial charge is 0.492 e. The molecule has 0 N–H and O–H groups in total. The first kappa shape index (κ1) is 28.3. The van der Waals surface area contributed by atoms with Crippen molar-refractivity contribution in [2.75, 3.05) is 39.3 Å². The van der Waals surface area contributed by atoms with Gasteiger partial charge in [-0.1, -0.05) is 46.9 Å². The number of hydrogen-bond donors (Lipinski definition) is 0. The van der Waals surface area contributed by atoms with Gasteiger partial charge in [0, 0.05) is 47.1 Å². The van der Waals surface area contributed by atoms with Crippen LogP contribution in [-0.4, -0.2) is 64.8 Å². The van der Waals surface area contributed by atoms with E-state index in [0.29, 0.717) is 53.5 Å². The van der Waals surface area contributed by atoms with E-state index >= 15 is 0 Å². The molecule has 0 spiro atoms. The van der Waals surface area contributed by atoms with Crippen LogP contribution >= 0.6 is 34.8 Å². The Bertz CT molecular complexity index is 1240. The van der Waals surface area contributed by atoms with Crippen LogP contribution in [0.15, 0.2) is 54.9 Å². The van der Waals surface area contributed by atoms with Gasteiger partial charge in [-0.15, -0.1) is 0 Å². The summed E-state index contributed by atoms with van der Waals surface area (Å²) in [6.07, 6.45) is 9.15. The lowest BCUT2D eigenvalue weighted by Gasteiger charge is -2.35. The van der Waals surface area contributed by atoms with Gasteiger partial charge < -0.3 is 9.64 Å². The van der Waals surface area contributed by atoms with Crippen LogP contribution in [0.2, 0.25) is 15.1 Å². The summed E-state index contributed by atoms with van der Waals surface area (Å²) in [5, 5.41) is 6.31. The van der Waals surface area contributed by atoms with E-state index < -0.39 is 0 Å². The van der Waals surface area contributed by atoms with Gasteiger partial charge in [-0.05, 0) is 99.0 Å². The maximum Gasteiger partial charge on any atom is 0.247 e. The quantitative estimate of drug-likeness (QED) is 0.258. The Morgan fingerprint density at radius 1 is 1.00 bits per heavy atom. The maximum absolute atomic E-state index is 13.7. The second-order valence-corrected chi connectivity index (χ2v) is 11.7. The van der Waals surface area contributed by atoms with Gasteiger partial charge in [0.15, 0.2) is 0 Å². The van der Waals surface area contributed by atoms with E-state index in [9.17, 15) is 4.79 Å². The molecular formula is C30H35Cl3N4O2. The third-order valence-electron chi connectivity index (χ3n) is 7.92. The normalized spacial score (nSPS) is 17.5. The number of benzene rings is 2. The molecule has 2 aliphatic rings. The molecule has 1 aromatic heterocycles. The third kappa shape index (κ3) is 7.29. The van der Waals surface area contributed by atoms with Crippen molar-refractivity contribution in [3.63, 3.8) is 0 Å². The van der Waals surface area contributed by atoms with Gasteiger partial charge in [0.2, 0.25) is 5.91 Å². The van der Waals surface area contributed by atoms with Crippen molar-refractivity contribution < 1.29 is 9.53 Å². The van der Waals surface area contributed by atoms with Crippen molar-refractivity contribution in [2.24, 2.45) is 0 Å². The van der Waals surface area contributed by atoms with Crippen molar-refractivity contribution in [2.45, 2.75) is 50.5 Å². The molecule has 1 unspecified atom stereocenters. The monoisotopic (exact) mass is 588 g/mol. The first-order valence-electron chi connectivity index (χ1n) is 13.8. The Labute approximate surface area is 245 Å². The summed E-state index contributed by atoms with van der Waals surface area (Å²) in [5.41, 5.74) is 2.17. The number of likely N-dealkylation sites (tertiary alicyclic amines) is 2. The average Bonchev–Trinajstić information content (AvgIpc) is 3.65. The van der Waals surface area contributed by atoms with Gasteiger partial charge in [0.25, 0.3) is 0 Å². The van der Waals surface area contributed by atoms with Crippen molar-refractivity contribution in [1.82, 2.24) is 19.6 Å².